The third-order valence-corrected chi connectivity index (χ3v) is 2.43. The van der Waals surface area contributed by atoms with Crippen LogP contribution in [0, 0.1) is 0 Å². The van der Waals surface area contributed by atoms with Crippen molar-refractivity contribution in [2.75, 3.05) is 5.73 Å². The molecule has 4 nitrogen and oxygen atoms in total. The van der Waals surface area contributed by atoms with Gasteiger partial charge in [-0.25, -0.2) is 0 Å². The van der Waals surface area contributed by atoms with Crippen LogP contribution in [0.5, 0.6) is 0 Å². The quantitative estimate of drug-likeness (QED) is 0.897. The van der Waals surface area contributed by atoms with Gasteiger partial charge < -0.3 is 5.73 Å². The summed E-state index contributed by atoms with van der Waals surface area (Å²) in [6.07, 6.45) is -3.74. The monoisotopic (exact) mass is 256 g/mol. The summed E-state index contributed by atoms with van der Waals surface area (Å²) in [5.41, 5.74) is 5.38. The lowest BCUT2D eigenvalue weighted by molar-refractivity contribution is -0.137. The minimum atomic E-state index is -4.35. The molecule has 0 atom stereocenters. The summed E-state index contributed by atoms with van der Waals surface area (Å²) in [5, 5.41) is 4.09. The van der Waals surface area contributed by atoms with Crippen molar-refractivity contribution in [1.29, 1.82) is 0 Å². The highest BCUT2D eigenvalue weighted by atomic mass is 19.4. The summed E-state index contributed by atoms with van der Waals surface area (Å²) >= 11 is 0. The molecule has 0 unspecified atom stereocenters. The molecule has 1 aromatic heterocycles. The van der Waals surface area contributed by atoms with E-state index in [1.54, 1.807) is 0 Å². The highest BCUT2D eigenvalue weighted by Gasteiger charge is 2.30. The van der Waals surface area contributed by atoms with Crippen LogP contribution in [0.1, 0.15) is 18.3 Å². The van der Waals surface area contributed by atoms with Gasteiger partial charge in [-0.2, -0.15) is 22.8 Å². The van der Waals surface area contributed by atoms with E-state index >= 15 is 0 Å². The number of benzene rings is 1. The highest BCUT2D eigenvalue weighted by molar-refractivity contribution is 5.39. The van der Waals surface area contributed by atoms with Crippen molar-refractivity contribution >= 4 is 5.95 Å². The molecule has 0 fully saturated rings. The maximum Gasteiger partial charge on any atom is 0.416 e. The zero-order valence-corrected chi connectivity index (χ0v) is 9.57. The average molecular weight is 256 g/mol. The predicted octanol–water partition coefficient (Wildman–Crippen LogP) is 2.43. The Balaban J connectivity index is 2.37. The van der Waals surface area contributed by atoms with Crippen LogP contribution in [0.3, 0.4) is 0 Å². The molecular formula is C11H11F3N4. The molecule has 1 aromatic carbocycles. The Morgan fingerprint density at radius 1 is 1.22 bits per heavy atom. The van der Waals surface area contributed by atoms with Crippen LogP contribution in [0.25, 0.3) is 5.69 Å². The van der Waals surface area contributed by atoms with Gasteiger partial charge in [0.15, 0.2) is 5.82 Å². The average Bonchev–Trinajstić information content (AvgIpc) is 2.70. The molecule has 0 spiro atoms. The summed E-state index contributed by atoms with van der Waals surface area (Å²) in [6, 6.07) is 4.60. The molecule has 0 bridgehead atoms. The minimum Gasteiger partial charge on any atom is -0.368 e. The fourth-order valence-electron chi connectivity index (χ4n) is 1.50. The number of nitrogens with zero attached hydrogens (tertiary/aromatic N) is 3. The van der Waals surface area contributed by atoms with Gasteiger partial charge in [0.2, 0.25) is 5.95 Å². The Morgan fingerprint density at radius 2 is 1.83 bits per heavy atom. The Kier molecular flexibility index (Phi) is 2.98. The molecule has 2 aromatic rings. The van der Waals surface area contributed by atoms with Crippen molar-refractivity contribution in [1.82, 2.24) is 14.8 Å². The van der Waals surface area contributed by atoms with Crippen molar-refractivity contribution in [3.05, 3.63) is 35.7 Å². The highest BCUT2D eigenvalue weighted by Crippen LogP contribution is 2.29. The minimum absolute atomic E-state index is 0.159. The van der Waals surface area contributed by atoms with Crippen molar-refractivity contribution in [2.24, 2.45) is 0 Å². The summed E-state index contributed by atoms with van der Waals surface area (Å²) < 4.78 is 38.5. The first kappa shape index (κ1) is 12.4. The number of halogens is 3. The molecule has 0 aliphatic heterocycles. The molecule has 2 rings (SSSR count). The zero-order chi connectivity index (χ0) is 13.3. The molecule has 18 heavy (non-hydrogen) atoms. The van der Waals surface area contributed by atoms with Gasteiger partial charge in [-0.05, 0) is 24.3 Å². The number of rotatable bonds is 2. The predicted molar refractivity (Wildman–Crippen MR) is 60.2 cm³/mol. The second-order valence-corrected chi connectivity index (χ2v) is 3.70. The first-order valence-corrected chi connectivity index (χ1v) is 5.31. The van der Waals surface area contributed by atoms with Crippen molar-refractivity contribution in [3.63, 3.8) is 0 Å². The molecule has 96 valence electrons. The van der Waals surface area contributed by atoms with E-state index in [0.29, 0.717) is 17.9 Å². The Hall–Kier alpha value is -2.05. The van der Waals surface area contributed by atoms with E-state index < -0.39 is 11.7 Å². The van der Waals surface area contributed by atoms with Crippen LogP contribution in [0.2, 0.25) is 0 Å². The summed E-state index contributed by atoms with van der Waals surface area (Å²) in [5.74, 6) is 0.707. The second-order valence-electron chi connectivity index (χ2n) is 3.70. The molecule has 0 amide bonds. The Labute approximate surface area is 101 Å². The SMILES string of the molecule is CCc1nc(N)n(-c2ccc(C(F)(F)F)cc2)n1. The Morgan fingerprint density at radius 3 is 2.28 bits per heavy atom. The lowest BCUT2D eigenvalue weighted by Crippen LogP contribution is -2.06. The molecule has 0 saturated carbocycles. The first-order chi connectivity index (χ1) is 8.41. The van der Waals surface area contributed by atoms with E-state index in [4.69, 9.17) is 5.73 Å². The van der Waals surface area contributed by atoms with Crippen molar-refractivity contribution in [2.45, 2.75) is 19.5 Å². The standard InChI is InChI=1S/C11H11F3N4/c1-2-9-16-10(15)18(17-9)8-5-3-7(4-6-8)11(12,13)14/h3-6H,2H2,1H3,(H2,15,16,17). The van der Waals surface area contributed by atoms with Crippen LogP contribution < -0.4 is 5.73 Å². The van der Waals surface area contributed by atoms with Crippen molar-refractivity contribution in [3.8, 4) is 5.69 Å². The van der Waals surface area contributed by atoms with Gasteiger partial charge in [0.1, 0.15) is 0 Å². The molecule has 0 radical (unpaired) electrons. The lowest BCUT2D eigenvalue weighted by atomic mass is 10.2. The molecule has 2 N–H and O–H groups in total. The second kappa shape index (κ2) is 4.32. The number of aryl methyl sites for hydroxylation is 1. The van der Waals surface area contributed by atoms with Crippen molar-refractivity contribution < 1.29 is 13.2 Å². The third kappa shape index (κ3) is 2.29. The van der Waals surface area contributed by atoms with Gasteiger partial charge in [-0.15, -0.1) is 5.10 Å². The number of nitrogen functional groups attached to an aromatic ring is 1. The van der Waals surface area contributed by atoms with Crippen LogP contribution in [-0.2, 0) is 12.6 Å². The summed E-state index contributed by atoms with van der Waals surface area (Å²) in [7, 11) is 0. The maximum absolute atomic E-state index is 12.4. The molecule has 0 aliphatic rings. The van der Waals surface area contributed by atoms with Crippen LogP contribution in [0.15, 0.2) is 24.3 Å². The number of anilines is 1. The fraction of sp³-hybridized carbons (Fsp3) is 0.273. The van der Waals surface area contributed by atoms with Gasteiger partial charge in [0.25, 0.3) is 0 Å². The van der Waals surface area contributed by atoms with E-state index in [0.717, 1.165) is 12.1 Å². The van der Waals surface area contributed by atoms with Gasteiger partial charge in [0.05, 0.1) is 11.3 Å². The molecule has 7 heteroatoms. The molecule has 0 aliphatic carbocycles. The maximum atomic E-state index is 12.4. The number of nitrogens with two attached hydrogens (primary N) is 1. The zero-order valence-electron chi connectivity index (χ0n) is 9.57. The summed E-state index contributed by atoms with van der Waals surface area (Å²) in [6.45, 7) is 1.87. The normalized spacial score (nSPS) is 11.8. The molecule has 1 heterocycles. The number of alkyl halides is 3. The van der Waals surface area contributed by atoms with Gasteiger partial charge in [0, 0.05) is 6.42 Å². The molecule has 0 saturated heterocycles. The smallest absolute Gasteiger partial charge is 0.368 e. The third-order valence-electron chi connectivity index (χ3n) is 2.43. The van der Waals surface area contributed by atoms with Gasteiger partial charge in [-0.1, -0.05) is 6.92 Å². The molecular weight excluding hydrogens is 245 g/mol. The van der Waals surface area contributed by atoms with Crippen LogP contribution in [0.4, 0.5) is 19.1 Å². The summed E-state index contributed by atoms with van der Waals surface area (Å²) in [4.78, 5) is 3.98. The largest absolute Gasteiger partial charge is 0.416 e. The lowest BCUT2D eigenvalue weighted by Gasteiger charge is -2.07. The number of aromatic nitrogens is 3. The van der Waals surface area contributed by atoms with E-state index in [9.17, 15) is 13.2 Å². The number of hydrogen-bond acceptors (Lipinski definition) is 3. The van der Waals surface area contributed by atoms with E-state index in [1.807, 2.05) is 6.92 Å². The van der Waals surface area contributed by atoms with Gasteiger partial charge in [-0.3, -0.25) is 0 Å². The Bertz CT molecular complexity index is 542. The van der Waals surface area contributed by atoms with Crippen LogP contribution in [-0.4, -0.2) is 14.8 Å². The topological polar surface area (TPSA) is 56.7 Å². The fourth-order valence-corrected chi connectivity index (χ4v) is 1.50. The van der Waals surface area contributed by atoms with E-state index in [-0.39, 0.29) is 5.95 Å². The number of hydrogen-bond donors (Lipinski definition) is 1. The van der Waals surface area contributed by atoms with Crippen LogP contribution >= 0.6 is 0 Å². The van der Waals surface area contributed by atoms with Gasteiger partial charge >= 0.3 is 6.18 Å². The van der Waals surface area contributed by atoms with E-state index in [1.165, 1.54) is 16.8 Å². The first-order valence-electron chi connectivity index (χ1n) is 5.31. The van der Waals surface area contributed by atoms with E-state index in [2.05, 4.69) is 10.1 Å².